The van der Waals surface area contributed by atoms with Gasteiger partial charge in [0.1, 0.15) is 6.10 Å². The van der Waals surface area contributed by atoms with Crippen LogP contribution in [0.4, 0.5) is 0 Å². The molecule has 8 nitrogen and oxygen atoms in total. The van der Waals surface area contributed by atoms with Gasteiger partial charge in [-0.2, -0.15) is 0 Å². The lowest BCUT2D eigenvalue weighted by Crippen LogP contribution is -2.28. The van der Waals surface area contributed by atoms with Crippen LogP contribution in [0.1, 0.15) is 206 Å². The summed E-state index contributed by atoms with van der Waals surface area (Å²) in [4.78, 5) is 22.6. The van der Waals surface area contributed by atoms with Crippen molar-refractivity contribution in [3.63, 3.8) is 0 Å². The molecule has 0 amide bonds. The summed E-state index contributed by atoms with van der Waals surface area (Å²) in [7, 11) is -4.29. The summed E-state index contributed by atoms with van der Waals surface area (Å²) in [5, 5.41) is 0. The van der Waals surface area contributed by atoms with Crippen LogP contribution in [-0.2, 0) is 27.9 Å². The summed E-state index contributed by atoms with van der Waals surface area (Å²) in [6.07, 6.45) is 64.7. The average Bonchev–Trinajstić information content (AvgIpc) is 3.26. The zero-order valence-corrected chi connectivity index (χ0v) is 40.7. The molecule has 2 unspecified atom stereocenters. The number of allylic oxidation sites excluding steroid dienone is 14. The molecule has 0 aromatic rings. The molecule has 0 radical (unpaired) electrons. The quantitative estimate of drug-likeness (QED) is 0.0269. The zero-order chi connectivity index (χ0) is 45.1. The van der Waals surface area contributed by atoms with Gasteiger partial charge in [-0.3, -0.25) is 13.8 Å². The van der Waals surface area contributed by atoms with Crippen LogP contribution in [0.25, 0.3) is 0 Å². The van der Waals surface area contributed by atoms with E-state index in [9.17, 15) is 14.3 Å². The number of phosphoric acid groups is 1. The van der Waals surface area contributed by atoms with Gasteiger partial charge in [-0.1, -0.05) is 195 Å². The predicted octanol–water partition coefficient (Wildman–Crippen LogP) is 15.6. The van der Waals surface area contributed by atoms with Gasteiger partial charge < -0.3 is 20.1 Å². The number of rotatable bonds is 47. The van der Waals surface area contributed by atoms with E-state index in [1.54, 1.807) is 0 Å². The van der Waals surface area contributed by atoms with Gasteiger partial charge in [-0.15, -0.1) is 0 Å². The van der Waals surface area contributed by atoms with E-state index in [0.717, 1.165) is 83.5 Å². The third-order valence-corrected chi connectivity index (χ3v) is 11.3. The Balaban J connectivity index is 3.99. The Morgan fingerprint density at radius 1 is 0.500 bits per heavy atom. The molecule has 2 atom stereocenters. The first kappa shape index (κ1) is 59.7. The van der Waals surface area contributed by atoms with Gasteiger partial charge in [0.2, 0.25) is 0 Å². The lowest BCUT2D eigenvalue weighted by atomic mass is 10.1. The van der Waals surface area contributed by atoms with Gasteiger partial charge in [0, 0.05) is 19.6 Å². The summed E-state index contributed by atoms with van der Waals surface area (Å²) >= 11 is 0. The van der Waals surface area contributed by atoms with Crippen molar-refractivity contribution >= 4 is 13.8 Å². The van der Waals surface area contributed by atoms with E-state index in [2.05, 4.69) is 98.9 Å². The molecule has 0 fully saturated rings. The molecule has 0 bridgehead atoms. The molecule has 0 aliphatic carbocycles. The predicted molar refractivity (Wildman–Crippen MR) is 265 cm³/mol. The Kier molecular flexibility index (Phi) is 47.8. The average molecular weight is 888 g/mol. The van der Waals surface area contributed by atoms with Gasteiger partial charge in [-0.05, 0) is 89.9 Å². The third kappa shape index (κ3) is 48.7. The maximum atomic E-state index is 12.6. The van der Waals surface area contributed by atoms with Crippen molar-refractivity contribution in [1.29, 1.82) is 0 Å². The second-order valence-corrected chi connectivity index (χ2v) is 17.7. The molecule has 3 N–H and O–H groups in total. The minimum Gasteiger partial charge on any atom is -0.457 e. The first-order valence-corrected chi connectivity index (χ1v) is 26.6. The van der Waals surface area contributed by atoms with E-state index in [0.29, 0.717) is 13.0 Å². The Bertz CT molecular complexity index is 1220. The molecular weight excluding hydrogens is 794 g/mol. The molecular formula is C53H94NO7P. The van der Waals surface area contributed by atoms with Crippen LogP contribution >= 0.6 is 7.82 Å². The van der Waals surface area contributed by atoms with Gasteiger partial charge in [0.15, 0.2) is 0 Å². The fourth-order valence-electron chi connectivity index (χ4n) is 6.64. The number of hydrogen-bond donors (Lipinski definition) is 2. The van der Waals surface area contributed by atoms with Crippen molar-refractivity contribution in [3.05, 3.63) is 85.1 Å². The molecule has 0 aliphatic rings. The summed E-state index contributed by atoms with van der Waals surface area (Å²) in [6, 6.07) is 0. The molecule has 358 valence electrons. The summed E-state index contributed by atoms with van der Waals surface area (Å²) in [5.74, 6) is -0.345. The molecule has 0 rings (SSSR count). The Labute approximate surface area is 381 Å². The van der Waals surface area contributed by atoms with E-state index in [-0.39, 0.29) is 32.3 Å². The fraction of sp³-hybridized carbons (Fsp3) is 0.717. The number of esters is 1. The number of ether oxygens (including phenoxy) is 2. The molecule has 0 aliphatic heterocycles. The topological polar surface area (TPSA) is 117 Å². The van der Waals surface area contributed by atoms with E-state index in [1.807, 2.05) is 0 Å². The highest BCUT2D eigenvalue weighted by molar-refractivity contribution is 7.47. The van der Waals surface area contributed by atoms with Gasteiger partial charge in [0.05, 0.1) is 19.8 Å². The SMILES string of the molecule is CC/C=C\C/C=C\C/C=C\C/C=C\CCCCCCCCCCCCCOCC(COP(=O)(O)OCCN)OC(=O)CCCCCCCC/C=C\C/C=C\C/C=C\CCCCC. The minimum absolute atomic E-state index is 0.0935. The number of unbranched alkanes of at least 4 members (excludes halogenated alkanes) is 20. The van der Waals surface area contributed by atoms with Crippen molar-refractivity contribution in [1.82, 2.24) is 0 Å². The first-order chi connectivity index (χ1) is 30.4. The first-order valence-electron chi connectivity index (χ1n) is 25.1. The highest BCUT2D eigenvalue weighted by Crippen LogP contribution is 2.43. The fourth-order valence-corrected chi connectivity index (χ4v) is 7.41. The Hall–Kier alpha value is -2.32. The van der Waals surface area contributed by atoms with Crippen molar-refractivity contribution in [2.45, 2.75) is 213 Å². The summed E-state index contributed by atoms with van der Waals surface area (Å²) < 4.78 is 33.6. The van der Waals surface area contributed by atoms with Crippen molar-refractivity contribution < 1.29 is 32.8 Å². The maximum Gasteiger partial charge on any atom is 0.472 e. The number of nitrogens with two attached hydrogens (primary N) is 1. The van der Waals surface area contributed by atoms with Crippen LogP contribution in [0.5, 0.6) is 0 Å². The largest absolute Gasteiger partial charge is 0.472 e. The van der Waals surface area contributed by atoms with Crippen LogP contribution in [0, 0.1) is 0 Å². The number of carbonyl (C=O) groups is 1. The highest BCUT2D eigenvalue weighted by Gasteiger charge is 2.25. The maximum absolute atomic E-state index is 12.6. The molecule has 62 heavy (non-hydrogen) atoms. The van der Waals surface area contributed by atoms with Gasteiger partial charge in [0.25, 0.3) is 0 Å². The molecule has 9 heteroatoms. The molecule has 0 heterocycles. The van der Waals surface area contributed by atoms with Crippen molar-refractivity contribution in [2.75, 3.05) is 33.0 Å². The molecule has 0 aromatic heterocycles. The van der Waals surface area contributed by atoms with E-state index in [1.165, 1.54) is 103 Å². The van der Waals surface area contributed by atoms with Crippen molar-refractivity contribution in [3.8, 4) is 0 Å². The summed E-state index contributed by atoms with van der Waals surface area (Å²) in [6.45, 7) is 4.76. The van der Waals surface area contributed by atoms with E-state index >= 15 is 0 Å². The Morgan fingerprint density at radius 2 is 0.903 bits per heavy atom. The van der Waals surface area contributed by atoms with Crippen LogP contribution in [0.2, 0.25) is 0 Å². The highest BCUT2D eigenvalue weighted by atomic mass is 31.2. The standard InChI is InChI=1S/C53H94NO7P/c1-3-5-7-9-11-13-15-17-19-21-23-24-25-26-27-29-31-33-35-37-39-41-43-45-48-58-50-52(51-60-62(56,57)59-49-47-54)61-53(55)46-44-42-40-38-36-34-32-30-28-22-20-18-16-14-12-10-8-6-4-2/h5,7,11-14,17-20,23-24,28,30,52H,3-4,6,8-10,15-16,21-22,25-27,29,31-51,54H2,1-2H3,(H,56,57)/b7-5-,13-11-,14-12-,19-17-,20-18-,24-23-,30-28-. The lowest BCUT2D eigenvalue weighted by Gasteiger charge is -2.20. The second kappa shape index (κ2) is 49.7. The number of carbonyl (C=O) groups excluding carboxylic acids is 1. The minimum atomic E-state index is -4.29. The molecule has 0 saturated heterocycles. The van der Waals surface area contributed by atoms with Gasteiger partial charge >= 0.3 is 13.8 Å². The van der Waals surface area contributed by atoms with E-state index < -0.39 is 13.9 Å². The second-order valence-electron chi connectivity index (χ2n) is 16.3. The molecule has 0 aromatic carbocycles. The van der Waals surface area contributed by atoms with E-state index in [4.69, 9.17) is 24.3 Å². The van der Waals surface area contributed by atoms with Gasteiger partial charge in [-0.25, -0.2) is 4.57 Å². The van der Waals surface area contributed by atoms with Crippen LogP contribution in [0.15, 0.2) is 85.1 Å². The smallest absolute Gasteiger partial charge is 0.457 e. The third-order valence-electron chi connectivity index (χ3n) is 10.3. The normalized spacial score (nSPS) is 14.1. The molecule has 0 saturated carbocycles. The summed E-state index contributed by atoms with van der Waals surface area (Å²) in [5.41, 5.74) is 5.39. The monoisotopic (exact) mass is 888 g/mol. The lowest BCUT2D eigenvalue weighted by molar-refractivity contribution is -0.154. The van der Waals surface area contributed by atoms with Crippen molar-refractivity contribution in [2.24, 2.45) is 5.73 Å². The van der Waals surface area contributed by atoms with Crippen LogP contribution in [-0.4, -0.2) is 49.9 Å². The number of hydrogen-bond acceptors (Lipinski definition) is 7. The van der Waals surface area contributed by atoms with Crippen LogP contribution in [0.3, 0.4) is 0 Å². The van der Waals surface area contributed by atoms with Crippen LogP contribution < -0.4 is 5.73 Å². The molecule has 0 spiro atoms. The zero-order valence-electron chi connectivity index (χ0n) is 39.8. The number of phosphoric ester groups is 1. The Morgan fingerprint density at radius 3 is 1.35 bits per heavy atom.